The van der Waals surface area contributed by atoms with Gasteiger partial charge in [-0.15, -0.1) is 0 Å². The van der Waals surface area contributed by atoms with Crippen LogP contribution < -0.4 is 10.0 Å². The summed E-state index contributed by atoms with van der Waals surface area (Å²) >= 11 is 10.2. The third-order valence-corrected chi connectivity index (χ3v) is 15.1. The number of hydrogen-bond acceptors (Lipinski definition) is 1. The van der Waals surface area contributed by atoms with Crippen LogP contribution in [0.5, 0.6) is 5.75 Å². The van der Waals surface area contributed by atoms with Gasteiger partial charge in [0.25, 0.3) is 0 Å². The number of hydrogen-bond donors (Lipinski definition) is 0. The molecule has 3 rings (SSSR count). The Balaban J connectivity index is 1.98. The van der Waals surface area contributed by atoms with E-state index in [0.29, 0.717) is 11.3 Å². The SMILES string of the molecule is FC(F)(F)Oc1ccc([PH]([CH](Cl)[Pd])(C2CCCC2)C2CCCC2)cc1. The Labute approximate surface area is 163 Å². The van der Waals surface area contributed by atoms with Gasteiger partial charge in [-0.05, 0) is 0 Å². The van der Waals surface area contributed by atoms with Crippen LogP contribution in [0.25, 0.3) is 0 Å². The maximum atomic E-state index is 12.5. The van der Waals surface area contributed by atoms with Crippen molar-refractivity contribution in [2.24, 2.45) is 0 Å². The summed E-state index contributed by atoms with van der Waals surface area (Å²) in [6, 6.07) is 6.63. The summed E-state index contributed by atoms with van der Waals surface area (Å²) in [6.45, 7) is 0. The monoisotopic (exact) mass is 485 g/mol. The van der Waals surface area contributed by atoms with Gasteiger partial charge in [-0.2, -0.15) is 0 Å². The number of alkyl halides is 4. The molecule has 0 bridgehead atoms. The van der Waals surface area contributed by atoms with Crippen LogP contribution in [0.1, 0.15) is 51.4 Å². The van der Waals surface area contributed by atoms with Gasteiger partial charge in [0.1, 0.15) is 0 Å². The minimum absolute atomic E-state index is 0.0592. The van der Waals surface area contributed by atoms with Gasteiger partial charge in [-0.1, -0.05) is 0 Å². The molecule has 1 unspecified atom stereocenters. The van der Waals surface area contributed by atoms with Crippen molar-refractivity contribution < 1.29 is 37.1 Å². The van der Waals surface area contributed by atoms with Crippen LogP contribution in [0, 0.1) is 0 Å². The molecule has 0 N–H and O–H groups in total. The van der Waals surface area contributed by atoms with Crippen LogP contribution >= 0.6 is 18.9 Å². The molecule has 0 amide bonds. The van der Waals surface area contributed by atoms with Crippen molar-refractivity contribution in [3.8, 4) is 5.75 Å². The Bertz CT molecular complexity index is 551. The number of rotatable bonds is 5. The van der Waals surface area contributed by atoms with E-state index in [1.807, 2.05) is 12.1 Å². The van der Waals surface area contributed by atoms with Gasteiger partial charge in [-0.3, -0.25) is 0 Å². The number of benzene rings is 1. The van der Waals surface area contributed by atoms with Gasteiger partial charge in [0.15, 0.2) is 0 Å². The molecule has 145 valence electrons. The molecular weight excluding hydrogens is 462 g/mol. The van der Waals surface area contributed by atoms with Gasteiger partial charge in [0, 0.05) is 0 Å². The molecule has 25 heavy (non-hydrogen) atoms. The van der Waals surface area contributed by atoms with Crippen LogP contribution in [-0.2, 0) is 19.2 Å². The fraction of sp³-hybridized carbons (Fsp3) is 0.667. The molecule has 2 saturated carbocycles. The van der Waals surface area contributed by atoms with Crippen LogP contribution in [0.3, 0.4) is 0 Å². The Morgan fingerprint density at radius 3 is 1.76 bits per heavy atom. The van der Waals surface area contributed by atoms with Crippen LogP contribution in [-0.4, -0.2) is 21.3 Å². The van der Waals surface area contributed by atoms with E-state index in [4.69, 9.17) is 11.6 Å². The maximum absolute atomic E-state index is 12.5. The quantitative estimate of drug-likeness (QED) is 0.286. The van der Waals surface area contributed by atoms with E-state index in [1.165, 1.54) is 68.8 Å². The fourth-order valence-electron chi connectivity index (χ4n) is 5.00. The van der Waals surface area contributed by atoms with E-state index in [2.05, 4.69) is 23.9 Å². The predicted octanol–water partition coefficient (Wildman–Crippen LogP) is 5.91. The van der Waals surface area contributed by atoms with Crippen molar-refractivity contribution in [2.75, 3.05) is 0 Å². The normalized spacial score (nSPS) is 22.3. The molecular formula is C18H24ClF3OPPd. The second-order valence-corrected chi connectivity index (χ2v) is 14.9. The first kappa shape index (κ1) is 19.9. The second-order valence-electron chi connectivity index (χ2n) is 7.24. The van der Waals surface area contributed by atoms with Crippen LogP contribution in [0.4, 0.5) is 13.2 Å². The summed E-state index contributed by atoms with van der Waals surface area (Å²) in [5.74, 6) is -0.152. The average Bonchev–Trinajstić information content (AvgIpc) is 3.22. The molecule has 2 aliphatic rings. The van der Waals surface area contributed by atoms with Gasteiger partial charge in [0.2, 0.25) is 0 Å². The zero-order chi connectivity index (χ0) is 18.1. The van der Waals surface area contributed by atoms with Crippen molar-refractivity contribution in [3.63, 3.8) is 0 Å². The van der Waals surface area contributed by atoms with E-state index < -0.39 is 13.6 Å². The van der Waals surface area contributed by atoms with Gasteiger partial charge < -0.3 is 0 Å². The molecule has 0 saturated heterocycles. The average molecular weight is 486 g/mol. The van der Waals surface area contributed by atoms with Gasteiger partial charge in [-0.25, -0.2) is 0 Å². The van der Waals surface area contributed by atoms with E-state index >= 15 is 0 Å². The standard InChI is InChI=1S/C18H24ClF3OP.Pd/c19-13-24(15-5-1-2-6-15,16-7-3-4-8-16)17-11-9-14(10-12-17)23-18(20,21)22;/h9-13,15-16,24H,1-8H2;. The van der Waals surface area contributed by atoms with Crippen LogP contribution in [0.15, 0.2) is 24.3 Å². The molecule has 1 aromatic rings. The molecule has 2 aliphatic carbocycles. The van der Waals surface area contributed by atoms with Crippen LogP contribution in [0.2, 0.25) is 0 Å². The molecule has 1 atom stereocenters. The summed E-state index contributed by atoms with van der Waals surface area (Å²) in [5.41, 5.74) is 1.23. The molecule has 1 nitrogen and oxygen atoms in total. The molecule has 2 fully saturated rings. The second kappa shape index (κ2) is 8.06. The van der Waals surface area contributed by atoms with Crippen molar-refractivity contribution >= 4 is 24.2 Å². The van der Waals surface area contributed by atoms with Crippen molar-refractivity contribution in [3.05, 3.63) is 24.3 Å². The number of ether oxygens (including phenoxy) is 1. The van der Waals surface area contributed by atoms with Crippen molar-refractivity contribution in [2.45, 2.75) is 72.6 Å². The van der Waals surface area contributed by atoms with E-state index in [9.17, 15) is 13.2 Å². The predicted molar refractivity (Wildman–Crippen MR) is 95.2 cm³/mol. The van der Waals surface area contributed by atoms with Crippen molar-refractivity contribution in [1.29, 1.82) is 0 Å². The van der Waals surface area contributed by atoms with E-state index in [-0.39, 0.29) is 9.34 Å². The fourth-order valence-corrected chi connectivity index (χ4v) is 15.4. The molecule has 0 heterocycles. The Morgan fingerprint density at radius 1 is 0.960 bits per heavy atom. The molecule has 0 aliphatic heterocycles. The first-order valence-corrected chi connectivity index (χ1v) is 12.5. The summed E-state index contributed by atoms with van der Waals surface area (Å²) < 4.78 is 41.4. The molecule has 0 aromatic heterocycles. The molecule has 0 spiro atoms. The minimum atomic E-state index is -4.65. The van der Waals surface area contributed by atoms with Gasteiger partial charge >= 0.3 is 164 Å². The summed E-state index contributed by atoms with van der Waals surface area (Å²) in [5, 5.41) is 1.19. The Hall–Kier alpha value is 0.192. The Morgan fingerprint density at radius 2 is 1.40 bits per heavy atom. The van der Waals surface area contributed by atoms with Gasteiger partial charge in [0.05, 0.1) is 0 Å². The third-order valence-electron chi connectivity index (χ3n) is 5.98. The first-order valence-electron chi connectivity index (χ1n) is 8.95. The summed E-state index contributed by atoms with van der Waals surface area (Å²) in [6.07, 6.45) is 5.09. The molecule has 1 aromatic carbocycles. The number of halogens is 4. The molecule has 0 radical (unpaired) electrons. The zero-order valence-electron chi connectivity index (χ0n) is 13.9. The van der Waals surface area contributed by atoms with E-state index in [0.717, 1.165) is 0 Å². The summed E-state index contributed by atoms with van der Waals surface area (Å²) in [7, 11) is -2.10. The Kier molecular flexibility index (Phi) is 6.42. The first-order chi connectivity index (χ1) is 11.8. The third kappa shape index (κ3) is 4.21. The summed E-state index contributed by atoms with van der Waals surface area (Å²) in [4.78, 5) is 0. The zero-order valence-corrected chi connectivity index (χ0v) is 17.2. The topological polar surface area (TPSA) is 9.23 Å². The van der Waals surface area contributed by atoms with Crippen molar-refractivity contribution in [1.82, 2.24) is 0 Å². The van der Waals surface area contributed by atoms with E-state index in [1.54, 1.807) is 0 Å². The molecule has 7 heteroatoms.